The fourth-order valence-corrected chi connectivity index (χ4v) is 6.71. The maximum absolute atomic E-state index is 5.27. The molecular weight excluding hydrogens is 560 g/mol. The van der Waals surface area contributed by atoms with Gasteiger partial charge in [0.25, 0.3) is 0 Å². The average molecular weight is 587 g/mol. The highest BCUT2D eigenvalue weighted by molar-refractivity contribution is 6.32. The molecule has 0 saturated heterocycles. The number of aromatic nitrogens is 4. The van der Waals surface area contributed by atoms with Gasteiger partial charge < -0.3 is 0 Å². The zero-order valence-electron chi connectivity index (χ0n) is 24.8. The maximum Gasteiger partial charge on any atom is 0.160 e. The Morgan fingerprint density at radius 3 is 1.57 bits per heavy atom. The predicted octanol–water partition coefficient (Wildman–Crippen LogP) is 10.5. The normalized spacial score (nSPS) is 11.5. The Hall–Kier alpha value is -6.26. The molecule has 0 aliphatic rings. The summed E-state index contributed by atoms with van der Waals surface area (Å²) < 4.78 is 0. The van der Waals surface area contributed by atoms with E-state index in [2.05, 4.69) is 143 Å². The molecule has 2 heterocycles. The molecule has 9 aromatic rings. The lowest BCUT2D eigenvalue weighted by atomic mass is 9.88. The number of nitrogens with zero attached hydrogens (tertiary/aromatic N) is 4. The van der Waals surface area contributed by atoms with Crippen molar-refractivity contribution in [3.63, 3.8) is 0 Å². The second-order valence-corrected chi connectivity index (χ2v) is 11.5. The van der Waals surface area contributed by atoms with Crippen molar-refractivity contribution in [1.29, 1.82) is 0 Å². The lowest BCUT2D eigenvalue weighted by Gasteiger charge is -2.16. The summed E-state index contributed by atoms with van der Waals surface area (Å²) >= 11 is 0. The molecule has 4 heteroatoms. The van der Waals surface area contributed by atoms with Crippen LogP contribution in [0.2, 0.25) is 0 Å². The number of rotatable bonds is 4. The van der Waals surface area contributed by atoms with E-state index in [1.54, 1.807) is 6.33 Å². The molecule has 46 heavy (non-hydrogen) atoms. The predicted molar refractivity (Wildman–Crippen MR) is 189 cm³/mol. The Morgan fingerprint density at radius 1 is 0.348 bits per heavy atom. The molecule has 214 valence electrons. The largest absolute Gasteiger partial charge is 0.244 e. The lowest BCUT2D eigenvalue weighted by molar-refractivity contribution is 1.17. The van der Waals surface area contributed by atoms with Crippen LogP contribution in [0, 0.1) is 0 Å². The van der Waals surface area contributed by atoms with Gasteiger partial charge in [0.1, 0.15) is 6.33 Å². The number of hydrogen-bond acceptors (Lipinski definition) is 4. The summed E-state index contributed by atoms with van der Waals surface area (Å²) in [7, 11) is 0. The smallest absolute Gasteiger partial charge is 0.160 e. The van der Waals surface area contributed by atoms with Crippen LogP contribution in [0.25, 0.3) is 88.1 Å². The van der Waals surface area contributed by atoms with Crippen LogP contribution in [0.3, 0.4) is 0 Å². The minimum atomic E-state index is 0.680. The third-order valence-corrected chi connectivity index (χ3v) is 8.86. The van der Waals surface area contributed by atoms with Crippen molar-refractivity contribution in [2.75, 3.05) is 0 Å². The second kappa shape index (κ2) is 10.7. The molecular formula is C42H26N4. The number of benzene rings is 7. The maximum atomic E-state index is 5.27. The van der Waals surface area contributed by atoms with Gasteiger partial charge in [-0.3, -0.25) is 0 Å². The Bertz CT molecular complexity index is 2560. The fraction of sp³-hybridized carbons (Fsp3) is 0. The van der Waals surface area contributed by atoms with Crippen molar-refractivity contribution >= 4 is 43.1 Å². The molecule has 0 N–H and O–H groups in total. The molecule has 0 amide bonds. The van der Waals surface area contributed by atoms with Gasteiger partial charge >= 0.3 is 0 Å². The third kappa shape index (κ3) is 4.31. The van der Waals surface area contributed by atoms with Crippen molar-refractivity contribution in [2.45, 2.75) is 0 Å². The molecule has 0 atom stereocenters. The summed E-state index contributed by atoms with van der Waals surface area (Å²) in [5, 5.41) is 9.89. The van der Waals surface area contributed by atoms with Crippen LogP contribution in [-0.2, 0) is 0 Å². The highest BCUT2D eigenvalue weighted by atomic mass is 14.9. The summed E-state index contributed by atoms with van der Waals surface area (Å²) in [6, 6.07) is 49.3. The number of hydrogen-bond donors (Lipinski definition) is 0. The number of fused-ring (bicyclic) bond motifs is 8. The van der Waals surface area contributed by atoms with Crippen LogP contribution in [-0.4, -0.2) is 19.9 Å². The van der Waals surface area contributed by atoms with Crippen LogP contribution in [0.1, 0.15) is 0 Å². The van der Waals surface area contributed by atoms with E-state index in [1.165, 1.54) is 43.1 Å². The molecule has 0 unspecified atom stereocenters. The molecule has 4 nitrogen and oxygen atoms in total. The highest BCUT2D eigenvalue weighted by Crippen LogP contribution is 2.43. The van der Waals surface area contributed by atoms with E-state index in [-0.39, 0.29) is 0 Å². The Balaban J connectivity index is 1.33. The van der Waals surface area contributed by atoms with Gasteiger partial charge in [0, 0.05) is 34.6 Å². The topological polar surface area (TPSA) is 51.6 Å². The van der Waals surface area contributed by atoms with Gasteiger partial charge in [-0.15, -0.1) is 0 Å². The first-order valence-electron chi connectivity index (χ1n) is 15.4. The van der Waals surface area contributed by atoms with Crippen LogP contribution in [0.5, 0.6) is 0 Å². The van der Waals surface area contributed by atoms with Crippen molar-refractivity contribution in [3.05, 3.63) is 158 Å². The minimum Gasteiger partial charge on any atom is -0.244 e. The van der Waals surface area contributed by atoms with Gasteiger partial charge in [0.05, 0.1) is 11.4 Å². The monoisotopic (exact) mass is 586 g/mol. The van der Waals surface area contributed by atoms with E-state index in [0.717, 1.165) is 39.2 Å². The minimum absolute atomic E-state index is 0.680. The zero-order chi connectivity index (χ0) is 30.5. The Labute approximate surface area is 265 Å². The molecule has 2 aromatic heterocycles. The summed E-state index contributed by atoms with van der Waals surface area (Å²) in [6.07, 6.45) is 5.19. The summed E-state index contributed by atoms with van der Waals surface area (Å²) in [4.78, 5) is 18.7. The van der Waals surface area contributed by atoms with Gasteiger partial charge in [-0.05, 0) is 60.8 Å². The average Bonchev–Trinajstić information content (AvgIpc) is 3.15. The molecule has 0 spiro atoms. The van der Waals surface area contributed by atoms with Crippen molar-refractivity contribution < 1.29 is 0 Å². The van der Waals surface area contributed by atoms with E-state index in [0.29, 0.717) is 5.82 Å². The van der Waals surface area contributed by atoms with Gasteiger partial charge in [0.2, 0.25) is 0 Å². The lowest BCUT2D eigenvalue weighted by Crippen LogP contribution is -1.97. The van der Waals surface area contributed by atoms with E-state index in [9.17, 15) is 0 Å². The molecule has 0 aliphatic heterocycles. The van der Waals surface area contributed by atoms with Gasteiger partial charge in [-0.1, -0.05) is 127 Å². The molecule has 9 rings (SSSR count). The third-order valence-electron chi connectivity index (χ3n) is 8.86. The Kier molecular flexibility index (Phi) is 6.10. The van der Waals surface area contributed by atoms with Gasteiger partial charge in [-0.25, -0.2) is 19.9 Å². The molecule has 0 radical (unpaired) electrons. The first kappa shape index (κ1) is 26.2. The van der Waals surface area contributed by atoms with Crippen LogP contribution < -0.4 is 0 Å². The van der Waals surface area contributed by atoms with Gasteiger partial charge in [0.15, 0.2) is 5.82 Å². The van der Waals surface area contributed by atoms with Crippen LogP contribution >= 0.6 is 0 Å². The standard InChI is InChI=1S/C42H26N4/c1-2-10-28(11-3-1)39-23-40(46-42(45-39)29-20-18-27(19-21-29)30-24-43-26-44-25-30)37-22-38-33-14-5-4-12-31(33)32-13-6-8-16-35(32)41(38)36-17-9-7-15-34(36)37/h1-26H. The van der Waals surface area contributed by atoms with Crippen molar-refractivity contribution in [1.82, 2.24) is 19.9 Å². The summed E-state index contributed by atoms with van der Waals surface area (Å²) in [6.45, 7) is 0. The molecule has 0 saturated carbocycles. The summed E-state index contributed by atoms with van der Waals surface area (Å²) in [5.41, 5.74) is 6.86. The highest BCUT2D eigenvalue weighted by Gasteiger charge is 2.17. The second-order valence-electron chi connectivity index (χ2n) is 11.5. The quantitative estimate of drug-likeness (QED) is 0.193. The zero-order valence-corrected chi connectivity index (χ0v) is 24.8. The van der Waals surface area contributed by atoms with E-state index >= 15 is 0 Å². The van der Waals surface area contributed by atoms with E-state index in [1.807, 2.05) is 18.5 Å². The first-order valence-corrected chi connectivity index (χ1v) is 15.4. The molecule has 0 fully saturated rings. The van der Waals surface area contributed by atoms with E-state index in [4.69, 9.17) is 9.97 Å². The molecule has 0 aliphatic carbocycles. The van der Waals surface area contributed by atoms with E-state index < -0.39 is 0 Å². The summed E-state index contributed by atoms with van der Waals surface area (Å²) in [5.74, 6) is 0.680. The van der Waals surface area contributed by atoms with Crippen molar-refractivity contribution in [3.8, 4) is 45.0 Å². The SMILES string of the molecule is c1ccc(-c2cc(-c3cc4c5ccccc5c5ccccc5c4c4ccccc34)nc(-c3ccc(-c4cncnc4)cc3)n2)cc1. The first-order chi connectivity index (χ1) is 22.8. The molecule has 7 aromatic carbocycles. The van der Waals surface area contributed by atoms with Crippen molar-refractivity contribution in [2.24, 2.45) is 0 Å². The molecule has 0 bridgehead atoms. The fourth-order valence-electron chi connectivity index (χ4n) is 6.71. The van der Waals surface area contributed by atoms with Crippen LogP contribution in [0.15, 0.2) is 158 Å². The van der Waals surface area contributed by atoms with Gasteiger partial charge in [-0.2, -0.15) is 0 Å². The van der Waals surface area contributed by atoms with Crippen LogP contribution in [0.4, 0.5) is 0 Å². The Morgan fingerprint density at radius 2 is 0.870 bits per heavy atom.